The molecule has 7 heteroatoms. The zero-order valence-corrected chi connectivity index (χ0v) is 8.66. The van der Waals surface area contributed by atoms with Crippen LogP contribution in [0.15, 0.2) is 0 Å². The Morgan fingerprint density at radius 1 is 1.64 bits per heavy atom. The Labute approximate surface area is 82.5 Å². The predicted octanol–water partition coefficient (Wildman–Crippen LogP) is -1.44. The summed E-state index contributed by atoms with van der Waals surface area (Å²) in [5.74, 6) is -0.729. The summed E-state index contributed by atoms with van der Waals surface area (Å²) in [4.78, 5) is 10.8. The first-order valence-corrected chi connectivity index (χ1v) is 5.82. The van der Waals surface area contributed by atoms with Crippen molar-refractivity contribution >= 4 is 16.0 Å². The summed E-state index contributed by atoms with van der Waals surface area (Å²) in [6.07, 6.45) is -0.858. The maximum Gasteiger partial charge on any atom is 0.336 e. The number of nitrogens with zero attached hydrogens (tertiary/aromatic N) is 1. The van der Waals surface area contributed by atoms with Crippen LogP contribution in [0.1, 0.15) is 6.42 Å². The van der Waals surface area contributed by atoms with Gasteiger partial charge in [0.15, 0.2) is 6.10 Å². The van der Waals surface area contributed by atoms with Crippen molar-refractivity contribution in [1.82, 2.24) is 4.31 Å². The van der Waals surface area contributed by atoms with Crippen LogP contribution in [0.5, 0.6) is 0 Å². The van der Waals surface area contributed by atoms with Gasteiger partial charge < -0.3 is 9.84 Å². The van der Waals surface area contributed by atoms with E-state index >= 15 is 0 Å². The van der Waals surface area contributed by atoms with Gasteiger partial charge in [-0.2, -0.15) is 4.31 Å². The molecule has 1 unspecified atom stereocenters. The van der Waals surface area contributed by atoms with Crippen molar-refractivity contribution in [2.45, 2.75) is 12.5 Å². The van der Waals surface area contributed by atoms with Gasteiger partial charge in [0, 0.05) is 6.54 Å². The summed E-state index contributed by atoms with van der Waals surface area (Å²) in [6, 6.07) is 0. The highest BCUT2D eigenvalue weighted by atomic mass is 32.2. The van der Waals surface area contributed by atoms with E-state index in [1.54, 1.807) is 0 Å². The van der Waals surface area contributed by atoms with Gasteiger partial charge in [0.25, 0.3) is 0 Å². The monoisotopic (exact) mass is 223 g/mol. The first kappa shape index (κ1) is 11.4. The predicted molar refractivity (Wildman–Crippen MR) is 48.0 cm³/mol. The highest BCUT2D eigenvalue weighted by molar-refractivity contribution is 7.89. The highest BCUT2D eigenvalue weighted by Gasteiger charge is 2.31. The fourth-order valence-corrected chi connectivity index (χ4v) is 2.83. The molecule has 1 rings (SSSR count). The van der Waals surface area contributed by atoms with Gasteiger partial charge in [0.2, 0.25) is 10.0 Å². The largest absolute Gasteiger partial charge is 0.467 e. The molecular formula is C7H13NO5S. The number of sulfonamides is 1. The molecule has 82 valence electrons. The van der Waals surface area contributed by atoms with Crippen LogP contribution in [-0.2, 0) is 19.6 Å². The summed E-state index contributed by atoms with van der Waals surface area (Å²) in [7, 11) is -2.12. The molecule has 0 spiro atoms. The molecule has 0 aliphatic carbocycles. The van der Waals surface area contributed by atoms with Crippen molar-refractivity contribution in [3.05, 3.63) is 0 Å². The van der Waals surface area contributed by atoms with E-state index in [1.807, 2.05) is 0 Å². The lowest BCUT2D eigenvalue weighted by Crippen LogP contribution is -2.38. The Morgan fingerprint density at radius 3 is 2.71 bits per heavy atom. The minimum absolute atomic E-state index is 0.0842. The zero-order valence-electron chi connectivity index (χ0n) is 7.84. The lowest BCUT2D eigenvalue weighted by molar-refractivity contribution is -0.150. The van der Waals surface area contributed by atoms with E-state index in [0.717, 1.165) is 11.4 Å². The molecule has 14 heavy (non-hydrogen) atoms. The van der Waals surface area contributed by atoms with Crippen molar-refractivity contribution in [2.75, 3.05) is 26.0 Å². The Hall–Kier alpha value is -0.660. The molecule has 0 aromatic heterocycles. The maximum absolute atomic E-state index is 11.3. The molecule has 1 saturated heterocycles. The third-order valence-corrected chi connectivity index (χ3v) is 3.98. The van der Waals surface area contributed by atoms with Gasteiger partial charge in [-0.1, -0.05) is 0 Å². The molecule has 0 amide bonds. The first-order chi connectivity index (χ1) is 6.47. The van der Waals surface area contributed by atoms with E-state index in [1.165, 1.54) is 0 Å². The van der Waals surface area contributed by atoms with Gasteiger partial charge in [0.05, 0.1) is 19.4 Å². The van der Waals surface area contributed by atoms with Crippen LogP contribution < -0.4 is 0 Å². The number of esters is 1. The summed E-state index contributed by atoms with van der Waals surface area (Å²) < 4.78 is 27.9. The molecule has 6 nitrogen and oxygen atoms in total. The second-order valence-electron chi connectivity index (χ2n) is 3.07. The minimum atomic E-state index is -3.26. The second kappa shape index (κ2) is 4.24. The van der Waals surface area contributed by atoms with Gasteiger partial charge in [-0.15, -0.1) is 0 Å². The molecule has 1 fully saturated rings. The van der Waals surface area contributed by atoms with E-state index in [0.29, 0.717) is 13.0 Å². The van der Waals surface area contributed by atoms with Crippen molar-refractivity contribution < 1.29 is 23.1 Å². The number of carbonyl (C=O) groups is 1. The number of β-amino-alcohol motifs (C(OH)–C–C–N with tert-alkyl or cyclic N) is 1. The fourth-order valence-electron chi connectivity index (χ4n) is 1.30. The van der Waals surface area contributed by atoms with Crippen molar-refractivity contribution in [2.24, 2.45) is 0 Å². The van der Waals surface area contributed by atoms with Crippen molar-refractivity contribution in [3.8, 4) is 0 Å². The van der Waals surface area contributed by atoms with Gasteiger partial charge in [0.1, 0.15) is 0 Å². The molecule has 0 bridgehead atoms. The lowest BCUT2D eigenvalue weighted by Gasteiger charge is -2.16. The zero-order chi connectivity index (χ0) is 10.8. The Balaban J connectivity index is 2.57. The molecule has 0 aromatic carbocycles. The Morgan fingerprint density at radius 2 is 2.29 bits per heavy atom. The molecule has 1 N–H and O–H groups in total. The number of hydrogen-bond donors (Lipinski definition) is 1. The number of aliphatic hydroxyl groups excluding tert-OH is 1. The Kier molecular flexibility index (Phi) is 3.46. The van der Waals surface area contributed by atoms with Crippen molar-refractivity contribution in [1.29, 1.82) is 0 Å². The number of hydrogen-bond acceptors (Lipinski definition) is 5. The SMILES string of the molecule is COC(=O)C(O)CN1CCCS1(=O)=O. The molecule has 1 aliphatic heterocycles. The third kappa shape index (κ3) is 2.43. The van der Waals surface area contributed by atoms with Crippen LogP contribution in [-0.4, -0.2) is 55.9 Å². The smallest absolute Gasteiger partial charge is 0.336 e. The van der Waals surface area contributed by atoms with Crippen LogP contribution in [0.3, 0.4) is 0 Å². The lowest BCUT2D eigenvalue weighted by atomic mass is 10.3. The summed E-state index contributed by atoms with van der Waals surface area (Å²) >= 11 is 0. The minimum Gasteiger partial charge on any atom is -0.467 e. The van der Waals surface area contributed by atoms with Gasteiger partial charge in [-0.3, -0.25) is 0 Å². The molecule has 1 heterocycles. The van der Waals surface area contributed by atoms with Crippen LogP contribution in [0.2, 0.25) is 0 Å². The van der Waals surface area contributed by atoms with E-state index in [4.69, 9.17) is 0 Å². The second-order valence-corrected chi connectivity index (χ2v) is 5.16. The van der Waals surface area contributed by atoms with Crippen LogP contribution in [0.25, 0.3) is 0 Å². The average molecular weight is 223 g/mol. The van der Waals surface area contributed by atoms with E-state index in [-0.39, 0.29) is 12.3 Å². The van der Waals surface area contributed by atoms with Gasteiger partial charge in [-0.05, 0) is 6.42 Å². The molecule has 1 atom stereocenters. The number of rotatable bonds is 3. The summed E-state index contributed by atoms with van der Waals surface area (Å²) in [5.41, 5.74) is 0. The van der Waals surface area contributed by atoms with Crippen LogP contribution in [0, 0.1) is 0 Å². The third-order valence-electron chi connectivity index (χ3n) is 2.05. The number of ether oxygens (including phenoxy) is 1. The van der Waals surface area contributed by atoms with E-state index < -0.39 is 22.1 Å². The van der Waals surface area contributed by atoms with Crippen molar-refractivity contribution in [3.63, 3.8) is 0 Å². The summed E-state index contributed by atoms with van der Waals surface area (Å²) in [5, 5.41) is 9.23. The topological polar surface area (TPSA) is 83.9 Å². The number of aliphatic hydroxyl groups is 1. The molecule has 1 aliphatic rings. The maximum atomic E-state index is 11.3. The Bertz CT molecular complexity index is 312. The first-order valence-electron chi connectivity index (χ1n) is 4.21. The van der Waals surface area contributed by atoms with Gasteiger partial charge >= 0.3 is 5.97 Å². The van der Waals surface area contributed by atoms with Gasteiger partial charge in [-0.25, -0.2) is 13.2 Å². The van der Waals surface area contributed by atoms with Crippen LogP contribution >= 0.6 is 0 Å². The standard InChI is InChI=1S/C7H13NO5S/c1-13-7(10)6(9)5-8-3-2-4-14(8,11)12/h6,9H,2-5H2,1H3. The molecular weight excluding hydrogens is 210 g/mol. The normalized spacial score (nSPS) is 23.3. The highest BCUT2D eigenvalue weighted by Crippen LogP contribution is 2.13. The summed E-state index contributed by atoms with van der Waals surface area (Å²) in [6.45, 7) is 0.144. The van der Waals surface area contributed by atoms with Crippen LogP contribution in [0.4, 0.5) is 0 Å². The van der Waals surface area contributed by atoms with E-state index in [9.17, 15) is 18.3 Å². The average Bonchev–Trinajstić information content (AvgIpc) is 2.44. The number of methoxy groups -OCH3 is 1. The molecule has 0 aromatic rings. The fraction of sp³-hybridized carbons (Fsp3) is 0.857. The molecule has 0 radical (unpaired) electrons. The quantitative estimate of drug-likeness (QED) is 0.592. The number of carbonyl (C=O) groups excluding carboxylic acids is 1. The van der Waals surface area contributed by atoms with E-state index in [2.05, 4.69) is 4.74 Å². The molecule has 0 saturated carbocycles.